The van der Waals surface area contributed by atoms with E-state index in [1.807, 2.05) is 58.0 Å². The third kappa shape index (κ3) is 18.3. The molecule has 11 nitrogen and oxygen atoms in total. The lowest BCUT2D eigenvalue weighted by Crippen LogP contribution is -2.60. The molecule has 1 aromatic carbocycles. The van der Waals surface area contributed by atoms with Crippen LogP contribution >= 0.6 is 0 Å². The second-order valence-electron chi connectivity index (χ2n) is 13.1. The Bertz CT molecular complexity index is 1110. The number of allylic oxidation sites excluding steroid dienone is 1. The van der Waals surface area contributed by atoms with Crippen LogP contribution in [0.1, 0.15) is 93.6 Å². The molecule has 0 aliphatic carbocycles. The van der Waals surface area contributed by atoms with Crippen LogP contribution in [-0.4, -0.2) is 67.5 Å². The summed E-state index contributed by atoms with van der Waals surface area (Å²) in [5, 5.41) is 10.8. The fourth-order valence-corrected chi connectivity index (χ4v) is 4.38. The highest BCUT2D eigenvalue weighted by molar-refractivity contribution is 5.93. The maximum Gasteiger partial charge on any atom is 0.328 e. The summed E-state index contributed by atoms with van der Waals surface area (Å²) in [7, 11) is 1.64. The third-order valence-electron chi connectivity index (χ3n) is 7.11. The normalized spacial score (nSPS) is 14.6. The van der Waals surface area contributed by atoms with Crippen LogP contribution in [-0.2, 0) is 40.1 Å². The van der Waals surface area contributed by atoms with Gasteiger partial charge in [0.25, 0.3) is 0 Å². The molecule has 0 aliphatic heterocycles. The predicted octanol–water partition coefficient (Wildman–Crippen LogP) is 4.44. The van der Waals surface area contributed by atoms with Crippen LogP contribution < -0.4 is 21.3 Å². The van der Waals surface area contributed by atoms with Gasteiger partial charge in [0.05, 0.1) is 0 Å². The molecular weight excluding hydrogens is 600 g/mol. The zero-order valence-electron chi connectivity index (χ0n) is 30.2. The van der Waals surface area contributed by atoms with E-state index in [4.69, 9.17) is 9.47 Å². The Labute approximate surface area is 282 Å². The number of carbonyl (C=O) groups excluding carboxylic acids is 5. The number of nitrogens with one attached hydrogen (secondary N) is 4. The maximum atomic E-state index is 13.7. The molecule has 11 heteroatoms. The molecule has 0 fully saturated rings. The number of ether oxygens (including phenoxy) is 2. The number of carbonyl (C=O) groups is 5. The molecule has 1 rings (SSSR count). The van der Waals surface area contributed by atoms with E-state index >= 15 is 0 Å². The Morgan fingerprint density at radius 1 is 0.872 bits per heavy atom. The van der Waals surface area contributed by atoms with E-state index in [2.05, 4.69) is 48.6 Å². The summed E-state index contributed by atoms with van der Waals surface area (Å²) in [6.07, 6.45) is 0.987. The van der Waals surface area contributed by atoms with Gasteiger partial charge in [-0.3, -0.25) is 19.2 Å². The molecule has 0 aromatic heterocycles. The van der Waals surface area contributed by atoms with Crippen molar-refractivity contribution in [2.24, 2.45) is 17.8 Å². The standard InChI is InChI=1S/C32H50N4O7.C4H10/c1-9-22(6)27(33-8)32(41)43-23(7)28(36-29(38)25(34-19-37)16-15-20(2)3)30(39)35-26(17-21(4)5)31(40)42-18-24-13-11-10-12-14-24;1-4(2)3/h10-14,19,21-23,25-28,33H,2,9,15-18H2,1,3-8H3,(H,34,37)(H,35,39)(H,36,38);4H,1-3H3/t22?,23-,25+,26+,27+,28+;/m1./s1. The van der Waals surface area contributed by atoms with Gasteiger partial charge in [-0.15, -0.1) is 6.58 Å². The molecule has 0 heterocycles. The molecule has 266 valence electrons. The van der Waals surface area contributed by atoms with Gasteiger partial charge in [-0.05, 0) is 63.5 Å². The molecule has 4 N–H and O–H groups in total. The Kier molecular flexibility index (Phi) is 21.7. The van der Waals surface area contributed by atoms with Crippen molar-refractivity contribution in [1.82, 2.24) is 21.3 Å². The second-order valence-corrected chi connectivity index (χ2v) is 13.1. The highest BCUT2D eigenvalue weighted by Crippen LogP contribution is 2.14. The van der Waals surface area contributed by atoms with Gasteiger partial charge in [0.15, 0.2) is 0 Å². The molecule has 0 saturated carbocycles. The van der Waals surface area contributed by atoms with Crippen molar-refractivity contribution >= 4 is 30.2 Å². The van der Waals surface area contributed by atoms with Crippen molar-refractivity contribution in [2.75, 3.05) is 7.05 Å². The number of likely N-dealkylation sites (N-methyl/N-ethyl adjacent to an activating group) is 1. The maximum absolute atomic E-state index is 13.7. The average Bonchev–Trinajstić information content (AvgIpc) is 3.00. The van der Waals surface area contributed by atoms with Crippen molar-refractivity contribution in [2.45, 2.75) is 125 Å². The Morgan fingerprint density at radius 3 is 1.96 bits per heavy atom. The topological polar surface area (TPSA) is 152 Å². The molecule has 0 spiro atoms. The summed E-state index contributed by atoms with van der Waals surface area (Å²) in [4.78, 5) is 64.3. The largest absolute Gasteiger partial charge is 0.459 e. The quantitative estimate of drug-likeness (QED) is 0.0910. The van der Waals surface area contributed by atoms with Crippen LogP contribution in [0.4, 0.5) is 0 Å². The summed E-state index contributed by atoms with van der Waals surface area (Å²) in [5.74, 6) is -1.78. The lowest BCUT2D eigenvalue weighted by atomic mass is 9.99. The van der Waals surface area contributed by atoms with Gasteiger partial charge in [-0.25, -0.2) is 4.79 Å². The summed E-state index contributed by atoms with van der Waals surface area (Å²) < 4.78 is 11.2. The van der Waals surface area contributed by atoms with E-state index in [-0.39, 0.29) is 31.3 Å². The van der Waals surface area contributed by atoms with Crippen molar-refractivity contribution in [3.63, 3.8) is 0 Å². The Hall–Kier alpha value is -3.73. The van der Waals surface area contributed by atoms with Crippen molar-refractivity contribution in [1.29, 1.82) is 0 Å². The van der Waals surface area contributed by atoms with Crippen molar-refractivity contribution in [3.8, 4) is 0 Å². The predicted molar refractivity (Wildman–Crippen MR) is 185 cm³/mol. The van der Waals surface area contributed by atoms with Crippen LogP contribution in [0, 0.1) is 17.8 Å². The molecule has 1 aromatic rings. The van der Waals surface area contributed by atoms with Crippen LogP contribution in [0.15, 0.2) is 42.5 Å². The molecular formula is C36H60N4O7. The molecule has 0 aliphatic rings. The van der Waals surface area contributed by atoms with Gasteiger partial charge in [-0.1, -0.05) is 90.8 Å². The Balaban J connectivity index is 0.00000498. The van der Waals surface area contributed by atoms with E-state index < -0.39 is 54.0 Å². The van der Waals surface area contributed by atoms with Gasteiger partial charge >= 0.3 is 11.9 Å². The van der Waals surface area contributed by atoms with E-state index in [1.54, 1.807) is 14.0 Å². The molecule has 3 amide bonds. The number of hydrogen-bond acceptors (Lipinski definition) is 8. The van der Waals surface area contributed by atoms with Crippen molar-refractivity contribution < 1.29 is 33.4 Å². The van der Waals surface area contributed by atoms with Gasteiger partial charge < -0.3 is 30.7 Å². The zero-order chi connectivity index (χ0) is 36.1. The van der Waals surface area contributed by atoms with E-state index in [0.717, 1.165) is 17.1 Å². The molecule has 6 atom stereocenters. The first-order valence-corrected chi connectivity index (χ1v) is 16.6. The van der Waals surface area contributed by atoms with Crippen molar-refractivity contribution in [3.05, 3.63) is 48.0 Å². The number of rotatable bonds is 20. The third-order valence-corrected chi connectivity index (χ3v) is 7.11. The minimum Gasteiger partial charge on any atom is -0.459 e. The summed E-state index contributed by atoms with van der Waals surface area (Å²) in [6, 6.07) is 5.17. The number of hydrogen-bond donors (Lipinski definition) is 4. The Morgan fingerprint density at radius 2 is 1.47 bits per heavy atom. The molecule has 0 radical (unpaired) electrons. The SMILES string of the molecule is C=C(C)CC[C@H](NC=O)C(=O)N[C@H](C(=O)N[C@@H](CC(C)C)C(=O)OCc1ccccc1)[C@@H](C)OC(=O)[C@@H](NC)C(C)CC.CC(C)C. The van der Waals surface area contributed by atoms with Gasteiger partial charge in [-0.2, -0.15) is 0 Å². The summed E-state index contributed by atoms with van der Waals surface area (Å²) in [6.45, 7) is 21.3. The minimum atomic E-state index is -1.37. The number of amides is 3. The van der Waals surface area contributed by atoms with E-state index in [0.29, 0.717) is 19.3 Å². The lowest BCUT2D eigenvalue weighted by Gasteiger charge is -2.30. The zero-order valence-corrected chi connectivity index (χ0v) is 30.2. The average molecular weight is 661 g/mol. The minimum absolute atomic E-state index is 0.0214. The highest BCUT2D eigenvalue weighted by atomic mass is 16.5. The number of benzene rings is 1. The fourth-order valence-electron chi connectivity index (χ4n) is 4.38. The van der Waals surface area contributed by atoms with Crippen LogP contribution in [0.25, 0.3) is 0 Å². The molecule has 0 saturated heterocycles. The highest BCUT2D eigenvalue weighted by Gasteiger charge is 2.36. The van der Waals surface area contributed by atoms with Crippen LogP contribution in [0.5, 0.6) is 0 Å². The van der Waals surface area contributed by atoms with Gasteiger partial charge in [0.2, 0.25) is 18.2 Å². The first kappa shape index (κ1) is 43.3. The summed E-state index contributed by atoms with van der Waals surface area (Å²) in [5.41, 5.74) is 1.61. The van der Waals surface area contributed by atoms with E-state index in [9.17, 15) is 24.0 Å². The van der Waals surface area contributed by atoms with E-state index in [1.165, 1.54) is 6.92 Å². The summed E-state index contributed by atoms with van der Waals surface area (Å²) >= 11 is 0. The van der Waals surface area contributed by atoms with Gasteiger partial charge in [0.1, 0.15) is 36.9 Å². The monoisotopic (exact) mass is 660 g/mol. The molecule has 1 unspecified atom stereocenters. The van der Waals surface area contributed by atoms with Crippen LogP contribution in [0.2, 0.25) is 0 Å². The molecule has 0 bridgehead atoms. The smallest absolute Gasteiger partial charge is 0.328 e. The lowest BCUT2D eigenvalue weighted by molar-refractivity contribution is -0.157. The number of esters is 2. The van der Waals surface area contributed by atoms with Crippen LogP contribution in [0.3, 0.4) is 0 Å². The molecule has 47 heavy (non-hydrogen) atoms. The first-order chi connectivity index (χ1) is 22.1. The second kappa shape index (κ2) is 23.6. The van der Waals surface area contributed by atoms with Gasteiger partial charge in [0, 0.05) is 0 Å². The fraction of sp³-hybridized carbons (Fsp3) is 0.639. The first-order valence-electron chi connectivity index (χ1n) is 16.6.